The van der Waals surface area contributed by atoms with Crippen LogP contribution >= 0.6 is 0 Å². The summed E-state index contributed by atoms with van der Waals surface area (Å²) in [5.74, 6) is 1.06. The molecule has 1 aromatic heterocycles. The van der Waals surface area contributed by atoms with Crippen LogP contribution in [0.4, 0.5) is 5.95 Å². The molecule has 2 N–H and O–H groups in total. The van der Waals surface area contributed by atoms with E-state index in [1.807, 2.05) is 31.2 Å². The second kappa shape index (κ2) is 6.51. The van der Waals surface area contributed by atoms with E-state index >= 15 is 0 Å². The molecule has 104 valence electrons. The molecule has 2 aromatic rings. The van der Waals surface area contributed by atoms with Crippen LogP contribution in [0, 0.1) is 6.92 Å². The number of aromatic amines is 1. The average molecular weight is 272 g/mol. The van der Waals surface area contributed by atoms with Crippen LogP contribution in [0.15, 0.2) is 40.2 Å². The number of nitrogens with zero attached hydrogens (tertiary/aromatic N) is 2. The van der Waals surface area contributed by atoms with Gasteiger partial charge in [0.2, 0.25) is 5.95 Å². The minimum atomic E-state index is -0.218. The molecule has 0 spiro atoms. The van der Waals surface area contributed by atoms with E-state index in [9.17, 15) is 4.79 Å². The van der Waals surface area contributed by atoms with Gasteiger partial charge in [-0.3, -0.25) is 9.78 Å². The SMILES string of the molecule is CCOc1ccccc1/C=N/Nc1nc(C)cc(=O)[nH]1. The van der Waals surface area contributed by atoms with Crippen LogP contribution in [0.3, 0.4) is 0 Å². The number of nitrogens with one attached hydrogen (secondary N) is 2. The van der Waals surface area contributed by atoms with Crippen molar-refractivity contribution in [2.75, 3.05) is 12.0 Å². The van der Waals surface area contributed by atoms with Crippen molar-refractivity contribution in [2.24, 2.45) is 5.10 Å². The fourth-order valence-electron chi connectivity index (χ4n) is 1.67. The van der Waals surface area contributed by atoms with Gasteiger partial charge in [0, 0.05) is 17.3 Å². The van der Waals surface area contributed by atoms with Crippen LogP contribution in [0.25, 0.3) is 0 Å². The lowest BCUT2D eigenvalue weighted by Crippen LogP contribution is -2.10. The summed E-state index contributed by atoms with van der Waals surface area (Å²) in [7, 11) is 0. The zero-order valence-corrected chi connectivity index (χ0v) is 11.4. The molecule has 0 saturated heterocycles. The van der Waals surface area contributed by atoms with Crippen molar-refractivity contribution in [1.29, 1.82) is 0 Å². The highest BCUT2D eigenvalue weighted by atomic mass is 16.5. The molecule has 0 aliphatic carbocycles. The number of hydrogen-bond donors (Lipinski definition) is 2. The van der Waals surface area contributed by atoms with Crippen molar-refractivity contribution in [2.45, 2.75) is 13.8 Å². The number of hydrazone groups is 1. The van der Waals surface area contributed by atoms with Crippen molar-refractivity contribution in [1.82, 2.24) is 9.97 Å². The van der Waals surface area contributed by atoms with Crippen LogP contribution < -0.4 is 15.7 Å². The van der Waals surface area contributed by atoms with E-state index in [0.29, 0.717) is 18.2 Å². The molecule has 1 aromatic carbocycles. The molecule has 2 rings (SSSR count). The second-order valence-corrected chi connectivity index (χ2v) is 4.08. The lowest BCUT2D eigenvalue weighted by molar-refractivity contribution is 0.340. The van der Waals surface area contributed by atoms with E-state index < -0.39 is 0 Å². The van der Waals surface area contributed by atoms with Crippen LogP contribution in [0.5, 0.6) is 5.75 Å². The Balaban J connectivity index is 2.12. The summed E-state index contributed by atoms with van der Waals surface area (Å²) < 4.78 is 5.49. The predicted octanol–water partition coefficient (Wildman–Crippen LogP) is 1.92. The number of rotatable bonds is 5. The molecule has 6 heteroatoms. The van der Waals surface area contributed by atoms with Crippen LogP contribution in [0.1, 0.15) is 18.2 Å². The van der Waals surface area contributed by atoms with Gasteiger partial charge < -0.3 is 4.74 Å². The number of hydrogen-bond acceptors (Lipinski definition) is 5. The third-order valence-electron chi connectivity index (χ3n) is 2.46. The number of para-hydroxylation sites is 1. The first-order valence-corrected chi connectivity index (χ1v) is 6.28. The quantitative estimate of drug-likeness (QED) is 0.644. The highest BCUT2D eigenvalue weighted by Crippen LogP contribution is 2.15. The van der Waals surface area contributed by atoms with Crippen molar-refractivity contribution in [3.05, 3.63) is 51.9 Å². The Kier molecular flexibility index (Phi) is 4.49. The maximum atomic E-state index is 11.3. The number of aryl methyl sites for hydroxylation is 1. The largest absolute Gasteiger partial charge is 0.493 e. The zero-order valence-electron chi connectivity index (χ0n) is 11.4. The Morgan fingerprint density at radius 1 is 1.45 bits per heavy atom. The molecular weight excluding hydrogens is 256 g/mol. The first-order valence-electron chi connectivity index (χ1n) is 6.28. The van der Waals surface area contributed by atoms with E-state index in [1.165, 1.54) is 6.07 Å². The van der Waals surface area contributed by atoms with E-state index in [2.05, 4.69) is 20.5 Å². The Morgan fingerprint density at radius 3 is 3.00 bits per heavy atom. The smallest absolute Gasteiger partial charge is 0.252 e. The van der Waals surface area contributed by atoms with E-state index in [0.717, 1.165) is 11.3 Å². The molecule has 1 heterocycles. The van der Waals surface area contributed by atoms with Crippen LogP contribution in [-0.2, 0) is 0 Å². The van der Waals surface area contributed by atoms with E-state index in [-0.39, 0.29) is 5.56 Å². The van der Waals surface area contributed by atoms with Gasteiger partial charge in [0.05, 0.1) is 12.8 Å². The number of ether oxygens (including phenoxy) is 1. The molecule has 0 fully saturated rings. The standard InChI is InChI=1S/C14H16N4O2/c1-3-20-12-7-5-4-6-11(12)9-15-18-14-16-10(2)8-13(19)17-14/h4-9H,3H2,1-2H3,(H2,16,17,18,19)/b15-9+. The number of anilines is 1. The summed E-state index contributed by atoms with van der Waals surface area (Å²) in [4.78, 5) is 17.9. The highest BCUT2D eigenvalue weighted by Gasteiger charge is 1.99. The molecule has 0 radical (unpaired) electrons. The van der Waals surface area contributed by atoms with Gasteiger partial charge in [-0.15, -0.1) is 0 Å². The fourth-order valence-corrected chi connectivity index (χ4v) is 1.67. The third kappa shape index (κ3) is 3.68. The Hall–Kier alpha value is -2.63. The minimum absolute atomic E-state index is 0.218. The molecule has 0 unspecified atom stereocenters. The molecule has 0 aliphatic heterocycles. The Labute approximate surface area is 116 Å². The number of aromatic nitrogens is 2. The molecule has 0 amide bonds. The minimum Gasteiger partial charge on any atom is -0.493 e. The van der Waals surface area contributed by atoms with Crippen LogP contribution in [0.2, 0.25) is 0 Å². The topological polar surface area (TPSA) is 79.4 Å². The molecule has 0 atom stereocenters. The van der Waals surface area contributed by atoms with Crippen molar-refractivity contribution in [3.8, 4) is 5.75 Å². The maximum Gasteiger partial charge on any atom is 0.252 e. The van der Waals surface area contributed by atoms with Crippen molar-refractivity contribution in [3.63, 3.8) is 0 Å². The highest BCUT2D eigenvalue weighted by molar-refractivity contribution is 5.83. The molecular formula is C14H16N4O2. The predicted molar refractivity (Wildman–Crippen MR) is 78.4 cm³/mol. The molecule has 0 bridgehead atoms. The number of benzene rings is 1. The lowest BCUT2D eigenvalue weighted by Gasteiger charge is -2.05. The monoisotopic (exact) mass is 272 g/mol. The lowest BCUT2D eigenvalue weighted by atomic mass is 10.2. The third-order valence-corrected chi connectivity index (χ3v) is 2.46. The summed E-state index contributed by atoms with van der Waals surface area (Å²) in [6.07, 6.45) is 1.62. The van der Waals surface area contributed by atoms with Gasteiger partial charge in [-0.1, -0.05) is 12.1 Å². The van der Waals surface area contributed by atoms with Gasteiger partial charge in [-0.25, -0.2) is 10.4 Å². The Bertz CT molecular complexity index is 664. The van der Waals surface area contributed by atoms with E-state index in [1.54, 1.807) is 13.1 Å². The maximum absolute atomic E-state index is 11.3. The number of H-pyrrole nitrogens is 1. The first kappa shape index (κ1) is 13.8. The van der Waals surface area contributed by atoms with Crippen molar-refractivity contribution >= 4 is 12.2 Å². The van der Waals surface area contributed by atoms with Gasteiger partial charge in [-0.05, 0) is 26.0 Å². The molecule has 20 heavy (non-hydrogen) atoms. The summed E-state index contributed by atoms with van der Waals surface area (Å²) in [6.45, 7) is 4.26. The average Bonchev–Trinajstić information content (AvgIpc) is 2.40. The normalized spacial score (nSPS) is 10.7. The van der Waals surface area contributed by atoms with Gasteiger partial charge in [0.25, 0.3) is 5.56 Å². The second-order valence-electron chi connectivity index (χ2n) is 4.08. The molecule has 6 nitrogen and oxygen atoms in total. The van der Waals surface area contributed by atoms with Gasteiger partial charge in [-0.2, -0.15) is 5.10 Å². The van der Waals surface area contributed by atoms with Crippen LogP contribution in [-0.4, -0.2) is 22.8 Å². The summed E-state index contributed by atoms with van der Waals surface area (Å²) in [6, 6.07) is 8.98. The fraction of sp³-hybridized carbons (Fsp3) is 0.214. The van der Waals surface area contributed by atoms with E-state index in [4.69, 9.17) is 4.74 Å². The van der Waals surface area contributed by atoms with Gasteiger partial charge >= 0.3 is 0 Å². The van der Waals surface area contributed by atoms with Crippen molar-refractivity contribution < 1.29 is 4.74 Å². The first-order chi connectivity index (χ1) is 9.69. The summed E-state index contributed by atoms with van der Waals surface area (Å²) >= 11 is 0. The molecule has 0 saturated carbocycles. The zero-order chi connectivity index (χ0) is 14.4. The van der Waals surface area contributed by atoms with Gasteiger partial charge in [0.15, 0.2) is 0 Å². The Morgan fingerprint density at radius 2 is 2.25 bits per heavy atom. The molecule has 0 aliphatic rings. The summed E-state index contributed by atoms with van der Waals surface area (Å²) in [5.41, 5.74) is 3.94. The van der Waals surface area contributed by atoms with Gasteiger partial charge in [0.1, 0.15) is 5.75 Å². The summed E-state index contributed by atoms with van der Waals surface area (Å²) in [5, 5.41) is 4.05.